The Morgan fingerprint density at radius 2 is 1.88 bits per heavy atom. The summed E-state index contributed by atoms with van der Waals surface area (Å²) >= 11 is 0. The van der Waals surface area contributed by atoms with Crippen molar-refractivity contribution in [1.82, 2.24) is 4.90 Å². The van der Waals surface area contributed by atoms with E-state index in [9.17, 15) is 19.5 Å². The van der Waals surface area contributed by atoms with Gasteiger partial charge in [-0.2, -0.15) is 0 Å². The zero-order valence-corrected chi connectivity index (χ0v) is 14.8. The monoisotopic (exact) mass is 347 g/mol. The Bertz CT molecular complexity index is 640. The van der Waals surface area contributed by atoms with Gasteiger partial charge in [-0.05, 0) is 50.5 Å². The van der Waals surface area contributed by atoms with Gasteiger partial charge in [-0.25, -0.2) is 4.79 Å². The number of benzene rings is 1. The average molecular weight is 347 g/mol. The SMILES string of the molecule is CCCOc1ccc(C(=O)CCC(=O)N2CCCC2(C)C(=O)O)cc1. The van der Waals surface area contributed by atoms with Gasteiger partial charge in [0.2, 0.25) is 5.91 Å². The predicted molar refractivity (Wildman–Crippen MR) is 92.8 cm³/mol. The first-order valence-corrected chi connectivity index (χ1v) is 8.68. The molecule has 25 heavy (non-hydrogen) atoms. The van der Waals surface area contributed by atoms with Crippen LogP contribution in [0, 0.1) is 0 Å². The number of hydrogen-bond acceptors (Lipinski definition) is 4. The van der Waals surface area contributed by atoms with E-state index < -0.39 is 11.5 Å². The number of Topliss-reactive ketones (excluding diaryl/α,β-unsaturated/α-hetero) is 1. The first-order chi connectivity index (χ1) is 11.9. The Labute approximate surface area is 147 Å². The Morgan fingerprint density at radius 1 is 1.20 bits per heavy atom. The van der Waals surface area contributed by atoms with Crippen molar-refractivity contribution in [3.63, 3.8) is 0 Å². The third-order valence-electron chi connectivity index (χ3n) is 4.62. The van der Waals surface area contributed by atoms with Crippen LogP contribution in [-0.4, -0.2) is 46.4 Å². The summed E-state index contributed by atoms with van der Waals surface area (Å²) in [4.78, 5) is 37.4. The summed E-state index contributed by atoms with van der Waals surface area (Å²) < 4.78 is 5.47. The van der Waals surface area contributed by atoms with Crippen molar-refractivity contribution < 1.29 is 24.2 Å². The van der Waals surface area contributed by atoms with Gasteiger partial charge in [0.25, 0.3) is 0 Å². The molecular weight excluding hydrogens is 322 g/mol. The molecule has 1 aliphatic rings. The molecule has 0 spiro atoms. The van der Waals surface area contributed by atoms with Crippen LogP contribution in [0.3, 0.4) is 0 Å². The number of hydrogen-bond donors (Lipinski definition) is 1. The number of carbonyl (C=O) groups excluding carboxylic acids is 2. The Kier molecular flexibility index (Phi) is 6.17. The Hall–Kier alpha value is -2.37. The molecule has 1 amide bonds. The molecule has 0 aromatic heterocycles. The van der Waals surface area contributed by atoms with Crippen LogP contribution in [0.25, 0.3) is 0 Å². The standard InChI is InChI=1S/C19H25NO5/c1-3-13-25-15-7-5-14(6-8-15)16(21)9-10-17(22)20-12-4-11-19(20,2)18(23)24/h5-8H,3-4,9-13H2,1-2H3,(H,23,24). The van der Waals surface area contributed by atoms with Crippen molar-refractivity contribution in [3.8, 4) is 5.75 Å². The lowest BCUT2D eigenvalue weighted by molar-refractivity contribution is -0.155. The molecule has 0 aliphatic carbocycles. The lowest BCUT2D eigenvalue weighted by atomic mass is 9.98. The van der Waals surface area contributed by atoms with Crippen molar-refractivity contribution in [2.24, 2.45) is 0 Å². The molecule has 1 N–H and O–H groups in total. The van der Waals surface area contributed by atoms with Gasteiger partial charge in [-0.3, -0.25) is 9.59 Å². The smallest absolute Gasteiger partial charge is 0.329 e. The minimum atomic E-state index is -1.15. The van der Waals surface area contributed by atoms with Gasteiger partial charge in [0.1, 0.15) is 11.3 Å². The summed E-state index contributed by atoms with van der Waals surface area (Å²) in [5.74, 6) is -0.693. The summed E-state index contributed by atoms with van der Waals surface area (Å²) in [5, 5.41) is 9.36. The fraction of sp³-hybridized carbons (Fsp3) is 0.526. The number of carbonyl (C=O) groups is 3. The molecule has 136 valence electrons. The lowest BCUT2D eigenvalue weighted by Gasteiger charge is -2.31. The maximum atomic E-state index is 12.4. The van der Waals surface area contributed by atoms with Gasteiger partial charge < -0.3 is 14.7 Å². The van der Waals surface area contributed by atoms with E-state index in [4.69, 9.17) is 4.74 Å². The molecular formula is C19H25NO5. The summed E-state index contributed by atoms with van der Waals surface area (Å²) in [6.07, 6.45) is 2.12. The second kappa shape index (κ2) is 8.14. The van der Waals surface area contributed by atoms with Crippen molar-refractivity contribution in [3.05, 3.63) is 29.8 Å². The van der Waals surface area contributed by atoms with Crippen molar-refractivity contribution >= 4 is 17.7 Å². The van der Waals surface area contributed by atoms with Crippen LogP contribution in [0.15, 0.2) is 24.3 Å². The highest BCUT2D eigenvalue weighted by Gasteiger charge is 2.45. The number of amides is 1. The van der Waals surface area contributed by atoms with E-state index in [2.05, 4.69) is 0 Å². The maximum absolute atomic E-state index is 12.4. The third kappa shape index (κ3) is 4.38. The fourth-order valence-electron chi connectivity index (χ4n) is 3.04. The van der Waals surface area contributed by atoms with Crippen LogP contribution in [0.2, 0.25) is 0 Å². The summed E-state index contributed by atoms with van der Waals surface area (Å²) in [6.45, 7) is 4.64. The molecule has 1 aromatic carbocycles. The minimum Gasteiger partial charge on any atom is -0.494 e. The zero-order valence-electron chi connectivity index (χ0n) is 14.8. The summed E-state index contributed by atoms with van der Waals surface area (Å²) in [5.41, 5.74) is -0.627. The summed E-state index contributed by atoms with van der Waals surface area (Å²) in [6, 6.07) is 6.86. The quantitative estimate of drug-likeness (QED) is 0.731. The number of nitrogens with zero attached hydrogens (tertiary/aromatic N) is 1. The predicted octanol–water partition coefficient (Wildman–Crippen LogP) is 2.90. The number of carboxylic acids is 1. The maximum Gasteiger partial charge on any atom is 0.329 e. The van der Waals surface area contributed by atoms with E-state index in [0.717, 1.165) is 6.42 Å². The van der Waals surface area contributed by atoms with Gasteiger partial charge in [0.05, 0.1) is 6.61 Å². The van der Waals surface area contributed by atoms with E-state index >= 15 is 0 Å². The molecule has 6 heteroatoms. The molecule has 1 heterocycles. The van der Waals surface area contributed by atoms with Crippen LogP contribution in [0.5, 0.6) is 5.75 Å². The van der Waals surface area contributed by atoms with Crippen LogP contribution < -0.4 is 4.74 Å². The number of rotatable bonds is 8. The molecule has 0 bridgehead atoms. The van der Waals surface area contributed by atoms with E-state index in [1.807, 2.05) is 6.92 Å². The van der Waals surface area contributed by atoms with E-state index in [1.165, 1.54) is 4.90 Å². The minimum absolute atomic E-state index is 0.0236. The first-order valence-electron chi connectivity index (χ1n) is 8.68. The van der Waals surface area contributed by atoms with E-state index in [-0.39, 0.29) is 24.5 Å². The molecule has 1 atom stereocenters. The van der Waals surface area contributed by atoms with Crippen LogP contribution in [0.1, 0.15) is 56.3 Å². The molecule has 0 radical (unpaired) electrons. The van der Waals surface area contributed by atoms with Crippen molar-refractivity contribution in [1.29, 1.82) is 0 Å². The molecule has 1 saturated heterocycles. The second-order valence-corrected chi connectivity index (χ2v) is 6.52. The van der Waals surface area contributed by atoms with E-state index in [0.29, 0.717) is 37.3 Å². The highest BCUT2D eigenvalue weighted by Crippen LogP contribution is 2.30. The largest absolute Gasteiger partial charge is 0.494 e. The fourth-order valence-corrected chi connectivity index (χ4v) is 3.04. The molecule has 1 fully saturated rings. The first kappa shape index (κ1) is 19.0. The van der Waals surface area contributed by atoms with Crippen LogP contribution in [0.4, 0.5) is 0 Å². The Morgan fingerprint density at radius 3 is 2.48 bits per heavy atom. The van der Waals surface area contributed by atoms with Gasteiger partial charge in [0, 0.05) is 24.9 Å². The lowest BCUT2D eigenvalue weighted by Crippen LogP contribution is -2.50. The molecule has 6 nitrogen and oxygen atoms in total. The normalized spacial score (nSPS) is 19.7. The van der Waals surface area contributed by atoms with E-state index in [1.54, 1.807) is 31.2 Å². The number of ether oxygens (including phenoxy) is 1. The molecule has 1 aliphatic heterocycles. The summed E-state index contributed by atoms with van der Waals surface area (Å²) in [7, 11) is 0. The zero-order chi connectivity index (χ0) is 18.4. The molecule has 0 saturated carbocycles. The topological polar surface area (TPSA) is 83.9 Å². The van der Waals surface area contributed by atoms with Gasteiger partial charge >= 0.3 is 5.97 Å². The molecule has 2 rings (SSSR count). The van der Waals surface area contributed by atoms with Gasteiger partial charge in [-0.1, -0.05) is 6.92 Å². The van der Waals surface area contributed by atoms with Gasteiger partial charge in [0.15, 0.2) is 5.78 Å². The van der Waals surface area contributed by atoms with Crippen LogP contribution in [-0.2, 0) is 9.59 Å². The average Bonchev–Trinajstić information content (AvgIpc) is 3.01. The third-order valence-corrected chi connectivity index (χ3v) is 4.62. The van der Waals surface area contributed by atoms with Crippen molar-refractivity contribution in [2.75, 3.05) is 13.2 Å². The van der Waals surface area contributed by atoms with Crippen molar-refractivity contribution in [2.45, 2.75) is 51.5 Å². The second-order valence-electron chi connectivity index (χ2n) is 6.52. The number of carboxylic acid groups (broad SMARTS) is 1. The highest BCUT2D eigenvalue weighted by atomic mass is 16.5. The molecule has 1 aromatic rings. The van der Waals surface area contributed by atoms with Crippen LogP contribution >= 0.6 is 0 Å². The molecule has 1 unspecified atom stereocenters. The number of likely N-dealkylation sites (tertiary alicyclic amines) is 1. The Balaban J connectivity index is 1.91. The number of aliphatic carboxylic acids is 1. The van der Waals surface area contributed by atoms with Gasteiger partial charge in [-0.15, -0.1) is 0 Å². The number of ketones is 1. The highest BCUT2D eigenvalue weighted by molar-refractivity contribution is 5.98.